The van der Waals surface area contributed by atoms with Crippen LogP contribution < -0.4 is 15.4 Å². The maximum absolute atomic E-state index is 13.2. The van der Waals surface area contributed by atoms with Crippen molar-refractivity contribution in [2.75, 3.05) is 13.2 Å². The van der Waals surface area contributed by atoms with Gasteiger partial charge in [0.25, 0.3) is 5.91 Å². The number of carbonyl (C=O) groups excluding carboxylic acids is 4. The van der Waals surface area contributed by atoms with Crippen molar-refractivity contribution in [3.05, 3.63) is 51.7 Å². The molecule has 1 atom stereocenters. The second-order valence-electron chi connectivity index (χ2n) is 6.92. The van der Waals surface area contributed by atoms with Crippen molar-refractivity contribution in [1.82, 2.24) is 15.5 Å². The number of imide groups is 1. The molecule has 0 unspecified atom stereocenters. The largest absolute Gasteiger partial charge is 0.493 e. The number of hydrogen-bond acceptors (Lipinski definition) is 6. The predicted octanol–water partition coefficient (Wildman–Crippen LogP) is 1.80. The fourth-order valence-electron chi connectivity index (χ4n) is 3.57. The zero-order valence-corrected chi connectivity index (χ0v) is 16.5. The highest BCUT2D eigenvalue weighted by molar-refractivity contribution is 7.14. The number of rotatable bonds is 5. The summed E-state index contributed by atoms with van der Waals surface area (Å²) in [6, 6.07) is 9.89. The fraction of sp³-hybridized carbons (Fsp3) is 0.300. The van der Waals surface area contributed by atoms with Crippen LogP contribution >= 0.6 is 11.3 Å². The van der Waals surface area contributed by atoms with E-state index in [0.717, 1.165) is 9.78 Å². The minimum absolute atomic E-state index is 0.160. The highest BCUT2D eigenvalue weighted by Gasteiger charge is 2.55. The molecule has 2 aromatic rings. The van der Waals surface area contributed by atoms with Crippen molar-refractivity contribution in [3.63, 3.8) is 0 Å². The van der Waals surface area contributed by atoms with E-state index in [2.05, 4.69) is 10.6 Å². The van der Waals surface area contributed by atoms with E-state index in [1.807, 2.05) is 0 Å². The van der Waals surface area contributed by atoms with Crippen LogP contribution in [-0.2, 0) is 21.7 Å². The first-order valence-electron chi connectivity index (χ1n) is 9.13. The van der Waals surface area contributed by atoms with E-state index < -0.39 is 17.5 Å². The quantitative estimate of drug-likeness (QED) is 0.575. The number of benzene rings is 1. The number of carbonyl (C=O) groups is 4. The average molecular weight is 413 g/mol. The Hall–Kier alpha value is -3.20. The summed E-state index contributed by atoms with van der Waals surface area (Å²) in [5, 5.41) is 5.45. The molecule has 150 valence electrons. The molecule has 3 heterocycles. The van der Waals surface area contributed by atoms with Crippen LogP contribution in [0.5, 0.6) is 5.75 Å². The molecule has 1 spiro atoms. The molecule has 9 heteroatoms. The van der Waals surface area contributed by atoms with Crippen LogP contribution in [0.1, 0.15) is 33.5 Å². The number of Topliss-reactive ketones (excluding diaryl/α,β-unsaturated/α-hetero) is 1. The van der Waals surface area contributed by atoms with Crippen LogP contribution in [0.2, 0.25) is 0 Å². The lowest BCUT2D eigenvalue weighted by Crippen LogP contribution is -2.47. The van der Waals surface area contributed by atoms with E-state index in [1.54, 1.807) is 36.4 Å². The monoisotopic (exact) mass is 413 g/mol. The van der Waals surface area contributed by atoms with E-state index in [9.17, 15) is 19.2 Å². The number of ketones is 1. The molecular formula is C20H19N3O5S. The van der Waals surface area contributed by atoms with Crippen LogP contribution in [0.4, 0.5) is 4.79 Å². The number of nitrogens with zero attached hydrogens (tertiary/aromatic N) is 1. The van der Waals surface area contributed by atoms with Crippen molar-refractivity contribution < 1.29 is 23.9 Å². The molecule has 1 aromatic heterocycles. The minimum atomic E-state index is -1.20. The minimum Gasteiger partial charge on any atom is -0.493 e. The van der Waals surface area contributed by atoms with Gasteiger partial charge >= 0.3 is 6.03 Å². The number of hydrogen-bond donors (Lipinski definition) is 2. The van der Waals surface area contributed by atoms with E-state index in [-0.39, 0.29) is 18.2 Å². The molecule has 4 rings (SSSR count). The summed E-state index contributed by atoms with van der Waals surface area (Å²) in [6.07, 6.45) is 0.305. The first-order valence-corrected chi connectivity index (χ1v) is 9.95. The van der Waals surface area contributed by atoms with Crippen LogP contribution in [-0.4, -0.2) is 41.7 Å². The van der Waals surface area contributed by atoms with Gasteiger partial charge in [-0.3, -0.25) is 19.3 Å². The number of urea groups is 1. The Kier molecular flexibility index (Phi) is 4.83. The smallest absolute Gasteiger partial charge is 0.325 e. The number of thiophene rings is 1. The Morgan fingerprint density at radius 3 is 2.83 bits per heavy atom. The molecule has 2 aliphatic rings. The Balaban J connectivity index is 1.52. The van der Waals surface area contributed by atoms with Gasteiger partial charge in [0, 0.05) is 23.8 Å². The Labute approximate surface area is 170 Å². The zero-order chi connectivity index (χ0) is 20.6. The van der Waals surface area contributed by atoms with Crippen molar-refractivity contribution in [2.24, 2.45) is 0 Å². The number of ether oxygens (including phenoxy) is 1. The topological polar surface area (TPSA) is 105 Å². The summed E-state index contributed by atoms with van der Waals surface area (Å²) in [6.45, 7) is 1.70. The molecular weight excluding hydrogens is 394 g/mol. The molecule has 8 nitrogen and oxygen atoms in total. The fourth-order valence-corrected chi connectivity index (χ4v) is 4.45. The lowest BCUT2D eigenvalue weighted by Gasteiger charge is -2.33. The van der Waals surface area contributed by atoms with E-state index >= 15 is 0 Å². The highest BCUT2D eigenvalue weighted by atomic mass is 32.1. The highest BCUT2D eigenvalue weighted by Crippen LogP contribution is 2.41. The molecule has 0 aliphatic carbocycles. The third-order valence-corrected chi connectivity index (χ3v) is 6.13. The van der Waals surface area contributed by atoms with Crippen molar-refractivity contribution >= 4 is 35.0 Å². The molecule has 2 aliphatic heterocycles. The van der Waals surface area contributed by atoms with Crippen LogP contribution in [0.3, 0.4) is 0 Å². The normalized spacial score (nSPS) is 20.2. The molecule has 1 aromatic carbocycles. The molecule has 1 fully saturated rings. The van der Waals surface area contributed by atoms with Gasteiger partial charge in [0.1, 0.15) is 5.75 Å². The maximum atomic E-state index is 13.2. The molecule has 0 saturated carbocycles. The molecule has 4 amide bonds. The third kappa shape index (κ3) is 3.38. The zero-order valence-electron chi connectivity index (χ0n) is 15.7. The van der Waals surface area contributed by atoms with Gasteiger partial charge in [-0.1, -0.05) is 18.2 Å². The van der Waals surface area contributed by atoms with Gasteiger partial charge in [0.15, 0.2) is 11.3 Å². The first-order chi connectivity index (χ1) is 13.9. The third-order valence-electron chi connectivity index (χ3n) is 5.01. The summed E-state index contributed by atoms with van der Waals surface area (Å²) in [5.41, 5.74) is -0.591. The van der Waals surface area contributed by atoms with Gasteiger partial charge in [0.05, 0.1) is 24.6 Å². The summed E-state index contributed by atoms with van der Waals surface area (Å²) in [7, 11) is 0. The maximum Gasteiger partial charge on any atom is 0.325 e. The molecule has 2 N–H and O–H groups in total. The van der Waals surface area contributed by atoms with Gasteiger partial charge in [0.2, 0.25) is 5.91 Å². The lowest BCUT2D eigenvalue weighted by molar-refractivity contribution is -0.132. The molecule has 0 bridgehead atoms. The van der Waals surface area contributed by atoms with Crippen molar-refractivity contribution in [1.29, 1.82) is 0 Å². The first kappa shape index (κ1) is 19.1. The van der Waals surface area contributed by atoms with Gasteiger partial charge in [-0.2, -0.15) is 0 Å². The van der Waals surface area contributed by atoms with Crippen LogP contribution in [0, 0.1) is 0 Å². The van der Waals surface area contributed by atoms with E-state index in [0.29, 0.717) is 35.8 Å². The van der Waals surface area contributed by atoms with Gasteiger partial charge in [-0.15, -0.1) is 11.3 Å². The molecule has 0 radical (unpaired) electrons. The second-order valence-corrected chi connectivity index (χ2v) is 8.09. The number of fused-ring (bicyclic) bond motifs is 2. The average Bonchev–Trinajstić information content (AvgIpc) is 3.26. The number of amides is 4. The van der Waals surface area contributed by atoms with E-state index in [4.69, 9.17) is 4.74 Å². The van der Waals surface area contributed by atoms with Gasteiger partial charge in [-0.05, 0) is 18.2 Å². The summed E-state index contributed by atoms with van der Waals surface area (Å²) < 4.78 is 5.60. The van der Waals surface area contributed by atoms with Crippen molar-refractivity contribution in [2.45, 2.75) is 25.4 Å². The van der Waals surface area contributed by atoms with Gasteiger partial charge < -0.3 is 15.4 Å². The van der Waals surface area contributed by atoms with E-state index in [1.165, 1.54) is 18.3 Å². The predicted molar refractivity (Wildman–Crippen MR) is 105 cm³/mol. The summed E-state index contributed by atoms with van der Waals surface area (Å²) in [5.74, 6) is -0.374. The second kappa shape index (κ2) is 7.32. The van der Waals surface area contributed by atoms with Crippen LogP contribution in [0.25, 0.3) is 0 Å². The molecule has 29 heavy (non-hydrogen) atoms. The number of nitrogens with one attached hydrogen (secondary N) is 2. The lowest BCUT2D eigenvalue weighted by atomic mass is 9.84. The summed E-state index contributed by atoms with van der Waals surface area (Å²) in [4.78, 5) is 51.7. The standard InChI is InChI=1S/C20H19N3O5S/c1-12(24)21-10-13-6-7-17(29-13)15(25)11-23-18(26)20(22-19(23)27)8-9-28-16-5-3-2-4-14(16)20/h2-7H,8-11H2,1H3,(H,21,24)(H,22,27)/t20-/m1/s1. The Morgan fingerprint density at radius 1 is 1.24 bits per heavy atom. The summed E-state index contributed by atoms with van der Waals surface area (Å²) >= 11 is 1.23. The number of para-hydroxylation sites is 1. The van der Waals surface area contributed by atoms with Gasteiger partial charge in [-0.25, -0.2) is 4.79 Å². The Morgan fingerprint density at radius 2 is 2.03 bits per heavy atom. The Bertz CT molecular complexity index is 1020. The SMILES string of the molecule is CC(=O)NCc1ccc(C(=O)CN2C(=O)N[C@@]3(CCOc4ccccc43)C2=O)s1. The molecule has 1 saturated heterocycles. The van der Waals surface area contributed by atoms with Crippen molar-refractivity contribution in [3.8, 4) is 5.75 Å². The van der Waals surface area contributed by atoms with Crippen LogP contribution in [0.15, 0.2) is 36.4 Å².